The molecule has 0 aliphatic heterocycles. The normalized spacial score (nSPS) is 17.0. The molecule has 0 bridgehead atoms. The van der Waals surface area contributed by atoms with Crippen LogP contribution in [0, 0.1) is 12.3 Å². The number of nitrogens with zero attached hydrogens (tertiary/aromatic N) is 1. The van der Waals surface area contributed by atoms with Crippen molar-refractivity contribution in [2.24, 2.45) is 11.1 Å². The van der Waals surface area contributed by atoms with Gasteiger partial charge in [0.25, 0.3) is 0 Å². The van der Waals surface area contributed by atoms with Gasteiger partial charge in [0.15, 0.2) is 0 Å². The summed E-state index contributed by atoms with van der Waals surface area (Å²) in [5, 5.41) is 3.45. The lowest BCUT2D eigenvalue weighted by molar-refractivity contribution is 0.145. The predicted octanol–water partition coefficient (Wildman–Crippen LogP) is 3.02. The van der Waals surface area contributed by atoms with Crippen molar-refractivity contribution in [3.05, 3.63) is 23.4 Å². The Bertz CT molecular complexity index is 447. The Kier molecular flexibility index (Phi) is 3.85. The predicted molar refractivity (Wildman–Crippen MR) is 79.9 cm³/mol. The molecule has 1 heterocycles. The van der Waals surface area contributed by atoms with Gasteiger partial charge < -0.3 is 11.1 Å². The van der Waals surface area contributed by atoms with Gasteiger partial charge >= 0.3 is 0 Å². The number of nitrogens with one attached hydrogen (secondary N) is 1. The fourth-order valence-electron chi connectivity index (χ4n) is 2.49. The lowest BCUT2D eigenvalue weighted by Crippen LogP contribution is -2.36. The summed E-state index contributed by atoms with van der Waals surface area (Å²) in [5.41, 5.74) is 8.02. The molecule has 1 aliphatic carbocycles. The molecule has 2 rings (SSSR count). The van der Waals surface area contributed by atoms with Crippen LogP contribution in [-0.2, 0) is 0 Å². The van der Waals surface area contributed by atoms with Crippen molar-refractivity contribution < 1.29 is 0 Å². The van der Waals surface area contributed by atoms with E-state index in [1.165, 1.54) is 25.7 Å². The second kappa shape index (κ2) is 5.22. The molecule has 18 heavy (non-hydrogen) atoms. The third kappa shape index (κ3) is 2.64. The number of nitrogens with two attached hydrogens (primary N) is 1. The minimum atomic E-state index is 0.407. The number of hydrogen-bond donors (Lipinski definition) is 2. The zero-order valence-electron chi connectivity index (χ0n) is 11.1. The quantitative estimate of drug-likeness (QED) is 0.802. The number of thiocarbonyl (C=S) groups is 1. The SMILES string of the molecule is CCC1(CNc2nc(C)ccc2C(N)=S)CCC1. The van der Waals surface area contributed by atoms with E-state index in [0.29, 0.717) is 10.4 Å². The van der Waals surface area contributed by atoms with Gasteiger partial charge in [-0.15, -0.1) is 0 Å². The van der Waals surface area contributed by atoms with Crippen LogP contribution in [0.1, 0.15) is 43.9 Å². The summed E-state index contributed by atoms with van der Waals surface area (Å²) < 4.78 is 0. The van der Waals surface area contributed by atoms with Crippen LogP contribution in [0.15, 0.2) is 12.1 Å². The van der Waals surface area contributed by atoms with Crippen LogP contribution in [0.3, 0.4) is 0 Å². The van der Waals surface area contributed by atoms with Crippen LogP contribution in [0.5, 0.6) is 0 Å². The second-order valence-corrected chi connectivity index (χ2v) is 5.71. The van der Waals surface area contributed by atoms with Crippen molar-refractivity contribution in [2.75, 3.05) is 11.9 Å². The van der Waals surface area contributed by atoms with Crippen LogP contribution >= 0.6 is 12.2 Å². The topological polar surface area (TPSA) is 50.9 Å². The van der Waals surface area contributed by atoms with Crippen molar-refractivity contribution >= 4 is 23.0 Å². The minimum absolute atomic E-state index is 0.407. The zero-order valence-corrected chi connectivity index (χ0v) is 11.9. The Morgan fingerprint density at radius 3 is 2.72 bits per heavy atom. The summed E-state index contributed by atoms with van der Waals surface area (Å²) in [4.78, 5) is 4.92. The molecular formula is C14H21N3S. The molecule has 1 aliphatic rings. The maximum Gasteiger partial charge on any atom is 0.136 e. The van der Waals surface area contributed by atoms with E-state index in [9.17, 15) is 0 Å². The van der Waals surface area contributed by atoms with Crippen LogP contribution in [0.25, 0.3) is 0 Å². The number of rotatable bonds is 5. The van der Waals surface area contributed by atoms with E-state index in [-0.39, 0.29) is 0 Å². The van der Waals surface area contributed by atoms with E-state index in [2.05, 4.69) is 17.2 Å². The van der Waals surface area contributed by atoms with Gasteiger partial charge in [0.05, 0.1) is 5.56 Å². The number of aryl methyl sites for hydroxylation is 1. The average molecular weight is 263 g/mol. The van der Waals surface area contributed by atoms with E-state index in [4.69, 9.17) is 18.0 Å². The van der Waals surface area contributed by atoms with Crippen LogP contribution in [0.2, 0.25) is 0 Å². The molecule has 3 nitrogen and oxygen atoms in total. The first-order chi connectivity index (χ1) is 8.56. The monoisotopic (exact) mass is 263 g/mol. The third-order valence-corrected chi connectivity index (χ3v) is 4.31. The molecule has 0 amide bonds. The molecule has 3 N–H and O–H groups in total. The molecule has 0 spiro atoms. The van der Waals surface area contributed by atoms with Gasteiger partial charge in [-0.3, -0.25) is 0 Å². The van der Waals surface area contributed by atoms with E-state index >= 15 is 0 Å². The van der Waals surface area contributed by atoms with Gasteiger partial charge in [-0.2, -0.15) is 0 Å². The molecule has 1 fully saturated rings. The number of hydrogen-bond acceptors (Lipinski definition) is 3. The molecule has 98 valence electrons. The lowest BCUT2D eigenvalue weighted by atomic mass is 9.67. The molecule has 0 atom stereocenters. The fourth-order valence-corrected chi connectivity index (χ4v) is 2.66. The molecule has 1 aromatic heterocycles. The maximum absolute atomic E-state index is 5.73. The summed E-state index contributed by atoms with van der Waals surface area (Å²) in [6.45, 7) is 5.21. The number of aromatic nitrogens is 1. The average Bonchev–Trinajstić information content (AvgIpc) is 2.28. The summed E-state index contributed by atoms with van der Waals surface area (Å²) in [7, 11) is 0. The minimum Gasteiger partial charge on any atom is -0.389 e. The smallest absolute Gasteiger partial charge is 0.136 e. The highest BCUT2D eigenvalue weighted by atomic mass is 32.1. The highest BCUT2D eigenvalue weighted by molar-refractivity contribution is 7.80. The molecule has 0 aromatic carbocycles. The Morgan fingerprint density at radius 1 is 1.50 bits per heavy atom. The molecule has 1 aromatic rings. The van der Waals surface area contributed by atoms with Crippen molar-refractivity contribution in [1.29, 1.82) is 0 Å². The maximum atomic E-state index is 5.73. The van der Waals surface area contributed by atoms with Gasteiger partial charge in [0, 0.05) is 12.2 Å². The van der Waals surface area contributed by atoms with Crippen LogP contribution in [0.4, 0.5) is 5.82 Å². The van der Waals surface area contributed by atoms with Gasteiger partial charge in [0.1, 0.15) is 10.8 Å². The highest BCUT2D eigenvalue weighted by Gasteiger charge is 2.34. The Hall–Kier alpha value is -1.16. The van der Waals surface area contributed by atoms with Gasteiger partial charge in [0.2, 0.25) is 0 Å². The number of anilines is 1. The first kappa shape index (κ1) is 13.3. The van der Waals surface area contributed by atoms with E-state index in [1.807, 2.05) is 19.1 Å². The standard InChI is InChI=1S/C14H21N3S/c1-3-14(7-4-8-14)9-16-13-11(12(15)18)6-5-10(2)17-13/h5-6H,3-4,7-9H2,1-2H3,(H2,15,18)(H,16,17). The largest absolute Gasteiger partial charge is 0.389 e. The summed E-state index contributed by atoms with van der Waals surface area (Å²) in [5.74, 6) is 0.835. The van der Waals surface area contributed by atoms with Gasteiger partial charge in [-0.1, -0.05) is 25.6 Å². The summed E-state index contributed by atoms with van der Waals surface area (Å²) >= 11 is 5.07. The molecule has 0 radical (unpaired) electrons. The van der Waals surface area contributed by atoms with Crippen molar-refractivity contribution in [3.63, 3.8) is 0 Å². The first-order valence-electron chi connectivity index (χ1n) is 6.58. The van der Waals surface area contributed by atoms with Crippen molar-refractivity contribution in [2.45, 2.75) is 39.5 Å². The van der Waals surface area contributed by atoms with Crippen molar-refractivity contribution in [1.82, 2.24) is 4.98 Å². The Labute approximate surface area is 114 Å². The Morgan fingerprint density at radius 2 is 2.22 bits per heavy atom. The van der Waals surface area contributed by atoms with Gasteiger partial charge in [-0.05, 0) is 43.7 Å². The number of pyridine rings is 1. The fraction of sp³-hybridized carbons (Fsp3) is 0.571. The summed E-state index contributed by atoms with van der Waals surface area (Å²) in [6.07, 6.45) is 5.18. The van der Waals surface area contributed by atoms with E-state index in [0.717, 1.165) is 23.6 Å². The van der Waals surface area contributed by atoms with Crippen LogP contribution < -0.4 is 11.1 Å². The lowest BCUT2D eigenvalue weighted by Gasteiger charge is -2.41. The second-order valence-electron chi connectivity index (χ2n) is 5.27. The van der Waals surface area contributed by atoms with E-state index < -0.39 is 0 Å². The third-order valence-electron chi connectivity index (χ3n) is 4.09. The highest BCUT2D eigenvalue weighted by Crippen LogP contribution is 2.43. The zero-order chi connectivity index (χ0) is 13.2. The molecular weight excluding hydrogens is 242 g/mol. The Balaban J connectivity index is 2.12. The molecule has 4 heteroatoms. The van der Waals surface area contributed by atoms with Crippen molar-refractivity contribution in [3.8, 4) is 0 Å². The first-order valence-corrected chi connectivity index (χ1v) is 6.98. The molecule has 0 saturated heterocycles. The molecule has 0 unspecified atom stereocenters. The van der Waals surface area contributed by atoms with E-state index in [1.54, 1.807) is 0 Å². The molecule has 1 saturated carbocycles. The van der Waals surface area contributed by atoms with Gasteiger partial charge in [-0.25, -0.2) is 4.98 Å². The van der Waals surface area contributed by atoms with Crippen LogP contribution in [-0.4, -0.2) is 16.5 Å². The summed E-state index contributed by atoms with van der Waals surface area (Å²) in [6, 6.07) is 3.89.